The van der Waals surface area contributed by atoms with Gasteiger partial charge in [-0.1, -0.05) is 31.9 Å². The lowest BCUT2D eigenvalue weighted by Gasteiger charge is -2.13. The molecule has 0 bridgehead atoms. The van der Waals surface area contributed by atoms with E-state index >= 15 is 0 Å². The molecule has 0 aliphatic heterocycles. The molecule has 0 amide bonds. The highest BCUT2D eigenvalue weighted by Crippen LogP contribution is 2.27. The van der Waals surface area contributed by atoms with E-state index in [1.54, 1.807) is 12.1 Å². The summed E-state index contributed by atoms with van der Waals surface area (Å²) >= 11 is 6.27. The fourth-order valence-corrected chi connectivity index (χ4v) is 2.73. The van der Waals surface area contributed by atoms with E-state index in [1.807, 2.05) is 13.8 Å². The summed E-state index contributed by atoms with van der Waals surface area (Å²) < 4.78 is 19.3. The molecule has 2 rings (SSSR count). The van der Waals surface area contributed by atoms with Gasteiger partial charge in [0.25, 0.3) is 5.69 Å². The third-order valence-electron chi connectivity index (χ3n) is 3.29. The number of benzene rings is 2. The van der Waals surface area contributed by atoms with Crippen LogP contribution in [0.15, 0.2) is 45.3 Å². The van der Waals surface area contributed by atoms with Crippen LogP contribution in [0.4, 0.5) is 21.5 Å². The number of nitrogens with zero attached hydrogens (tertiary/aromatic N) is 2. The zero-order valence-electron chi connectivity index (χ0n) is 15.5. The van der Waals surface area contributed by atoms with Gasteiger partial charge in [0.1, 0.15) is 5.69 Å². The molecular formula is C17H20Br2FN3O5S. The largest absolute Gasteiger partial charge is 0.377 e. The molecule has 0 saturated carbocycles. The Bertz CT molecular complexity index is 845. The van der Waals surface area contributed by atoms with Gasteiger partial charge in [-0.3, -0.25) is 20.2 Å². The first-order valence-electron chi connectivity index (χ1n) is 8.04. The predicted octanol–water partition coefficient (Wildman–Crippen LogP) is 5.80. The van der Waals surface area contributed by atoms with Crippen molar-refractivity contribution in [1.29, 1.82) is 0 Å². The summed E-state index contributed by atoms with van der Waals surface area (Å²) in [7, 11) is 0. The van der Waals surface area contributed by atoms with Crippen LogP contribution in [0.25, 0.3) is 0 Å². The van der Waals surface area contributed by atoms with Crippen molar-refractivity contribution in [2.45, 2.75) is 20.0 Å². The molecule has 1 N–H and O–H groups in total. The van der Waals surface area contributed by atoms with Gasteiger partial charge in [-0.15, -0.1) is 0 Å². The monoisotopic (exact) mass is 555 g/mol. The van der Waals surface area contributed by atoms with Crippen LogP contribution in [0.1, 0.15) is 13.8 Å². The van der Waals surface area contributed by atoms with Crippen LogP contribution in [0, 0.1) is 26.0 Å². The molecule has 160 valence electrons. The Morgan fingerprint density at radius 2 is 1.59 bits per heavy atom. The third kappa shape index (κ3) is 9.52. The lowest BCUT2D eigenvalue weighted by atomic mass is 10.2. The number of halogens is 3. The normalized spacial score (nSPS) is 10.8. The number of rotatable bonds is 7. The van der Waals surface area contributed by atoms with Crippen LogP contribution in [-0.4, -0.2) is 29.1 Å². The number of hydrogen-bond acceptors (Lipinski definition) is 6. The molecule has 12 heteroatoms. The Balaban J connectivity index is 0.000000568. The average Bonchev–Trinajstić information content (AvgIpc) is 2.60. The van der Waals surface area contributed by atoms with Gasteiger partial charge >= 0.3 is 5.69 Å². The van der Waals surface area contributed by atoms with E-state index in [2.05, 4.69) is 37.2 Å². The van der Waals surface area contributed by atoms with Gasteiger partial charge < -0.3 is 10.1 Å². The summed E-state index contributed by atoms with van der Waals surface area (Å²) in [6, 6.07) is 8.39. The molecule has 1 atom stereocenters. The van der Waals surface area contributed by atoms with Gasteiger partial charge in [-0.2, -0.15) is 17.9 Å². The van der Waals surface area contributed by atoms with Crippen LogP contribution in [0.2, 0.25) is 0 Å². The van der Waals surface area contributed by atoms with E-state index in [0.29, 0.717) is 23.3 Å². The standard InChI is InChI=1S/C11H15BrN2O3.C6H3BrFNO2.H2S/c1-3-17-8(2)7-13-10-6-9(12)4-5-11(10)14(15)16;7-4-1-2-6(9(10)11)5(8)3-4;/h4-6,8,13H,3,7H2,1-2H3;1-3H;1H2/t8-;;/m0../s1. The van der Waals surface area contributed by atoms with Crippen molar-refractivity contribution >= 4 is 62.4 Å². The Kier molecular flexibility index (Phi) is 12.6. The highest BCUT2D eigenvalue weighted by Gasteiger charge is 2.14. The zero-order valence-corrected chi connectivity index (χ0v) is 19.7. The van der Waals surface area contributed by atoms with Crippen LogP contribution in [0.3, 0.4) is 0 Å². The summed E-state index contributed by atoms with van der Waals surface area (Å²) in [4.78, 5) is 19.7. The van der Waals surface area contributed by atoms with E-state index in [1.165, 1.54) is 12.1 Å². The first-order valence-corrected chi connectivity index (χ1v) is 9.63. The minimum absolute atomic E-state index is 0. The molecule has 2 aromatic carbocycles. The maximum atomic E-state index is 12.6. The van der Waals surface area contributed by atoms with Gasteiger partial charge in [0.05, 0.1) is 16.0 Å². The maximum Gasteiger partial charge on any atom is 0.304 e. The van der Waals surface area contributed by atoms with Gasteiger partial charge in [0.15, 0.2) is 0 Å². The van der Waals surface area contributed by atoms with Crippen LogP contribution in [-0.2, 0) is 4.74 Å². The molecule has 0 aliphatic carbocycles. The zero-order chi connectivity index (χ0) is 21.3. The molecule has 29 heavy (non-hydrogen) atoms. The van der Waals surface area contributed by atoms with Crippen LogP contribution in [0.5, 0.6) is 0 Å². The highest BCUT2D eigenvalue weighted by atomic mass is 79.9. The predicted molar refractivity (Wildman–Crippen MR) is 122 cm³/mol. The summed E-state index contributed by atoms with van der Waals surface area (Å²) in [6.07, 6.45) is 0.0126. The van der Waals surface area contributed by atoms with Gasteiger partial charge in [0.2, 0.25) is 5.82 Å². The summed E-state index contributed by atoms with van der Waals surface area (Å²) in [5, 5.41) is 23.9. The first kappa shape index (κ1) is 27.2. The number of anilines is 1. The molecule has 0 radical (unpaired) electrons. The molecule has 8 nitrogen and oxygen atoms in total. The second-order valence-corrected chi connectivity index (χ2v) is 7.25. The summed E-state index contributed by atoms with van der Waals surface area (Å²) in [5.41, 5.74) is 0.0565. The molecule has 0 heterocycles. The second kappa shape index (κ2) is 13.5. The lowest BCUT2D eigenvalue weighted by molar-refractivity contribution is -0.387. The minimum Gasteiger partial charge on any atom is -0.377 e. The summed E-state index contributed by atoms with van der Waals surface area (Å²) in [6.45, 7) is 4.99. The molecule has 0 aliphatic rings. The number of nitrogens with one attached hydrogen (secondary N) is 1. The van der Waals surface area contributed by atoms with E-state index in [-0.39, 0.29) is 25.3 Å². The highest BCUT2D eigenvalue weighted by molar-refractivity contribution is 9.10. The van der Waals surface area contributed by atoms with Crippen molar-refractivity contribution in [1.82, 2.24) is 0 Å². The Labute approximate surface area is 190 Å². The maximum absolute atomic E-state index is 12.6. The average molecular weight is 557 g/mol. The Hall–Kier alpha value is -1.76. The van der Waals surface area contributed by atoms with Crippen LogP contribution >= 0.6 is 45.4 Å². The van der Waals surface area contributed by atoms with E-state index in [9.17, 15) is 24.6 Å². The second-order valence-electron chi connectivity index (χ2n) is 5.42. The number of ether oxygens (including phenoxy) is 1. The quantitative estimate of drug-likeness (QED) is 0.341. The SMILES string of the molecule is CCO[C@@H](C)CNc1cc(Br)ccc1[N+](=O)[O-].O=[N+]([O-])c1ccc(Br)cc1F.S. The smallest absolute Gasteiger partial charge is 0.304 e. The number of nitro groups is 2. The van der Waals surface area contributed by atoms with Crippen molar-refractivity contribution in [3.8, 4) is 0 Å². The van der Waals surface area contributed by atoms with E-state index in [0.717, 1.165) is 16.6 Å². The van der Waals surface area contributed by atoms with E-state index < -0.39 is 21.4 Å². The summed E-state index contributed by atoms with van der Waals surface area (Å²) in [5.74, 6) is -0.829. The molecule has 0 unspecified atom stereocenters. The fraction of sp³-hybridized carbons (Fsp3) is 0.294. The van der Waals surface area contributed by atoms with Gasteiger partial charge in [0, 0.05) is 34.2 Å². The van der Waals surface area contributed by atoms with Crippen molar-refractivity contribution in [2.24, 2.45) is 0 Å². The molecule has 0 spiro atoms. The molecule has 0 fully saturated rings. The van der Waals surface area contributed by atoms with Crippen molar-refractivity contribution in [2.75, 3.05) is 18.5 Å². The van der Waals surface area contributed by atoms with Crippen molar-refractivity contribution in [3.05, 3.63) is 71.4 Å². The van der Waals surface area contributed by atoms with Crippen molar-refractivity contribution < 1.29 is 19.0 Å². The van der Waals surface area contributed by atoms with E-state index in [4.69, 9.17) is 4.74 Å². The lowest BCUT2D eigenvalue weighted by Crippen LogP contribution is -2.20. The Morgan fingerprint density at radius 1 is 1.07 bits per heavy atom. The fourth-order valence-electron chi connectivity index (χ4n) is 2.04. The molecule has 0 saturated heterocycles. The molecule has 2 aromatic rings. The van der Waals surface area contributed by atoms with Crippen molar-refractivity contribution in [3.63, 3.8) is 0 Å². The third-order valence-corrected chi connectivity index (χ3v) is 4.28. The molecule has 0 aromatic heterocycles. The van der Waals surface area contributed by atoms with Gasteiger partial charge in [-0.25, -0.2) is 0 Å². The minimum atomic E-state index is -0.829. The number of hydrogen-bond donors (Lipinski definition) is 1. The van der Waals surface area contributed by atoms with Gasteiger partial charge in [-0.05, 0) is 38.1 Å². The Morgan fingerprint density at radius 3 is 2.07 bits per heavy atom. The number of nitro benzene ring substituents is 2. The van der Waals surface area contributed by atoms with Crippen LogP contribution < -0.4 is 5.32 Å². The topological polar surface area (TPSA) is 108 Å². The first-order chi connectivity index (χ1) is 13.1. The molecular weight excluding hydrogens is 537 g/mol.